The van der Waals surface area contributed by atoms with Gasteiger partial charge in [0.15, 0.2) is 0 Å². The second-order valence-electron chi connectivity index (χ2n) is 4.83. The van der Waals surface area contributed by atoms with Crippen molar-refractivity contribution in [2.24, 2.45) is 0 Å². The second-order valence-corrected chi connectivity index (χ2v) is 8.24. The first-order valence-corrected chi connectivity index (χ1v) is 5.85. The van der Waals surface area contributed by atoms with Crippen LogP contribution in [-0.2, 0) is 0 Å². The van der Waals surface area contributed by atoms with E-state index in [0.717, 1.165) is 0 Å². The number of hydrogen-bond acceptors (Lipinski definition) is 0. The van der Waals surface area contributed by atoms with E-state index in [0.29, 0.717) is 19.6 Å². The molecule has 0 bridgehead atoms. The van der Waals surface area contributed by atoms with E-state index in [9.17, 15) is 0 Å². The van der Waals surface area contributed by atoms with Crippen LogP contribution in [0.3, 0.4) is 0 Å². The second kappa shape index (κ2) is 3.75. The zero-order chi connectivity index (χ0) is 9.12. The van der Waals surface area contributed by atoms with Crippen molar-refractivity contribution in [3.63, 3.8) is 0 Å². The van der Waals surface area contributed by atoms with Gasteiger partial charge in [-0.1, -0.05) is 54.4 Å². The van der Waals surface area contributed by atoms with Crippen molar-refractivity contribution in [3.8, 4) is 0 Å². The molecule has 0 saturated carbocycles. The lowest BCUT2D eigenvalue weighted by Crippen LogP contribution is -2.22. The fourth-order valence-corrected chi connectivity index (χ4v) is 3.79. The Morgan fingerprint density at radius 3 is 1.27 bits per heavy atom. The number of hydrogen-bond donors (Lipinski definition) is 0. The van der Waals surface area contributed by atoms with Crippen LogP contribution in [0.15, 0.2) is 0 Å². The smallest absolute Gasteiger partial charge is 0.0413 e. The van der Waals surface area contributed by atoms with Crippen LogP contribution in [-0.4, -0.2) is 9.52 Å². The minimum Gasteiger partial charge on any atom is -0.0652 e. The summed E-state index contributed by atoms with van der Waals surface area (Å²) in [6.07, 6.45) is 2.65. The van der Waals surface area contributed by atoms with Crippen LogP contribution >= 0.6 is 0 Å². The molecule has 0 unspecified atom stereocenters. The maximum Gasteiger partial charge on any atom is 0.0413 e. The quantitative estimate of drug-likeness (QED) is 0.567. The Bertz CT molecular complexity index is 100. The van der Waals surface area contributed by atoms with Gasteiger partial charge in [0.05, 0.1) is 0 Å². The summed E-state index contributed by atoms with van der Waals surface area (Å²) in [5.74, 6) is 0. The van der Waals surface area contributed by atoms with Crippen LogP contribution in [0, 0.1) is 0 Å². The Kier molecular flexibility index (Phi) is 3.82. The monoisotopic (exact) mass is 171 g/mol. The maximum absolute atomic E-state index is 2.40. The van der Waals surface area contributed by atoms with Gasteiger partial charge in [-0.05, 0) is 10.1 Å². The molecule has 0 nitrogen and oxygen atoms in total. The predicted molar refractivity (Wildman–Crippen MR) is 55.8 cm³/mol. The highest BCUT2D eigenvalue weighted by Gasteiger charge is 2.26. The van der Waals surface area contributed by atoms with E-state index in [-0.39, 0.29) is 0 Å². The Morgan fingerprint density at radius 1 is 0.818 bits per heavy atom. The molecular weight excluding hydrogens is 148 g/mol. The highest BCUT2D eigenvalue weighted by atomic mass is 28.2. The molecule has 0 aliphatic carbocycles. The molecule has 0 N–H and O–H groups in total. The van der Waals surface area contributed by atoms with Crippen molar-refractivity contribution in [2.75, 3.05) is 0 Å². The van der Waals surface area contributed by atoms with Crippen LogP contribution in [0.5, 0.6) is 0 Å². The van der Waals surface area contributed by atoms with E-state index in [1.165, 1.54) is 12.8 Å². The van der Waals surface area contributed by atoms with Crippen molar-refractivity contribution in [3.05, 3.63) is 0 Å². The van der Waals surface area contributed by atoms with Gasteiger partial charge in [-0.3, -0.25) is 0 Å². The molecule has 0 aromatic carbocycles. The zero-order valence-electron chi connectivity index (χ0n) is 8.99. The van der Waals surface area contributed by atoms with Crippen LogP contribution in [0.2, 0.25) is 10.1 Å². The SMILES string of the molecule is CCC(C)(C)[SiH]C(C)(C)CC. The average molecular weight is 171 g/mol. The van der Waals surface area contributed by atoms with Gasteiger partial charge >= 0.3 is 0 Å². The van der Waals surface area contributed by atoms with Gasteiger partial charge in [-0.25, -0.2) is 0 Å². The van der Waals surface area contributed by atoms with Crippen LogP contribution < -0.4 is 0 Å². The Balaban J connectivity index is 4.02. The normalized spacial score (nSPS) is 13.6. The van der Waals surface area contributed by atoms with Gasteiger partial charge in [-0.2, -0.15) is 0 Å². The molecule has 0 amide bonds. The Labute approximate surface area is 74.6 Å². The molecule has 67 valence electrons. The van der Waals surface area contributed by atoms with Crippen molar-refractivity contribution in [1.82, 2.24) is 0 Å². The summed E-state index contributed by atoms with van der Waals surface area (Å²) in [5, 5.41) is 1.22. The van der Waals surface area contributed by atoms with Gasteiger partial charge in [0.25, 0.3) is 0 Å². The lowest BCUT2D eigenvalue weighted by Gasteiger charge is -2.32. The summed E-state index contributed by atoms with van der Waals surface area (Å²) < 4.78 is 0. The highest BCUT2D eigenvalue weighted by molar-refractivity contribution is 6.43. The van der Waals surface area contributed by atoms with E-state index < -0.39 is 0 Å². The standard InChI is InChI=1S/C10H23Si/c1-7-9(3,4)11-10(5,6)8-2/h11H,7-8H2,1-6H3. The first-order valence-electron chi connectivity index (χ1n) is 4.70. The minimum absolute atomic E-state index is 0.576. The third kappa shape index (κ3) is 4.62. The minimum atomic E-state index is 0.576. The summed E-state index contributed by atoms with van der Waals surface area (Å²) in [6, 6.07) is 0. The fourth-order valence-electron chi connectivity index (χ4n) is 1.26. The molecule has 0 spiro atoms. The molecule has 0 fully saturated rings. The van der Waals surface area contributed by atoms with E-state index in [2.05, 4.69) is 41.5 Å². The first kappa shape index (κ1) is 11.2. The topological polar surface area (TPSA) is 0 Å². The summed E-state index contributed by atoms with van der Waals surface area (Å²) in [5.41, 5.74) is 0. The van der Waals surface area contributed by atoms with Crippen LogP contribution in [0.4, 0.5) is 0 Å². The summed E-state index contributed by atoms with van der Waals surface area (Å²) in [4.78, 5) is 0. The maximum atomic E-state index is 2.40. The number of rotatable bonds is 4. The molecule has 0 aliphatic rings. The summed E-state index contributed by atoms with van der Waals surface area (Å²) in [6.45, 7) is 14.2. The van der Waals surface area contributed by atoms with Gasteiger partial charge in [0.2, 0.25) is 0 Å². The van der Waals surface area contributed by atoms with Gasteiger partial charge in [0.1, 0.15) is 0 Å². The molecule has 0 rings (SSSR count). The molecule has 1 heteroatoms. The van der Waals surface area contributed by atoms with E-state index in [1.807, 2.05) is 0 Å². The highest BCUT2D eigenvalue weighted by Crippen LogP contribution is 2.39. The third-order valence-corrected chi connectivity index (χ3v) is 4.98. The van der Waals surface area contributed by atoms with Crippen LogP contribution in [0.25, 0.3) is 0 Å². The summed E-state index contributed by atoms with van der Waals surface area (Å²) in [7, 11) is 0.576. The van der Waals surface area contributed by atoms with E-state index in [4.69, 9.17) is 0 Å². The molecule has 11 heavy (non-hydrogen) atoms. The molecule has 0 atom stereocenters. The summed E-state index contributed by atoms with van der Waals surface area (Å²) >= 11 is 0. The Morgan fingerprint density at radius 2 is 1.09 bits per heavy atom. The molecule has 1 radical (unpaired) electrons. The van der Waals surface area contributed by atoms with Crippen molar-refractivity contribution in [1.29, 1.82) is 0 Å². The lowest BCUT2D eigenvalue weighted by atomic mass is 10.1. The first-order chi connectivity index (χ1) is 4.83. The Hall–Kier alpha value is 0.217. The van der Waals surface area contributed by atoms with Crippen molar-refractivity contribution >= 4 is 9.52 Å². The van der Waals surface area contributed by atoms with Gasteiger partial charge < -0.3 is 0 Å². The van der Waals surface area contributed by atoms with Gasteiger partial charge in [0, 0.05) is 9.52 Å². The molecule has 0 heterocycles. The van der Waals surface area contributed by atoms with E-state index >= 15 is 0 Å². The molecular formula is C10H23Si. The lowest BCUT2D eigenvalue weighted by molar-refractivity contribution is 0.570. The van der Waals surface area contributed by atoms with Gasteiger partial charge in [-0.15, -0.1) is 0 Å². The molecule has 0 aliphatic heterocycles. The van der Waals surface area contributed by atoms with Crippen LogP contribution in [0.1, 0.15) is 54.4 Å². The molecule has 0 saturated heterocycles. The zero-order valence-corrected chi connectivity index (χ0v) is 10.1. The molecule has 0 aromatic rings. The third-order valence-electron chi connectivity index (χ3n) is 2.60. The van der Waals surface area contributed by atoms with E-state index in [1.54, 1.807) is 0 Å². The predicted octanol–water partition coefficient (Wildman–Crippen LogP) is 3.64. The molecule has 0 aromatic heterocycles. The average Bonchev–Trinajstić information content (AvgIpc) is 1.86. The fraction of sp³-hybridized carbons (Fsp3) is 1.00. The van der Waals surface area contributed by atoms with Crippen molar-refractivity contribution < 1.29 is 0 Å². The largest absolute Gasteiger partial charge is 0.0652 e. The van der Waals surface area contributed by atoms with Crippen molar-refractivity contribution in [2.45, 2.75) is 64.5 Å².